The van der Waals surface area contributed by atoms with Gasteiger partial charge in [0, 0.05) is 5.92 Å². The van der Waals surface area contributed by atoms with E-state index in [9.17, 15) is 4.79 Å². The predicted octanol–water partition coefficient (Wildman–Crippen LogP) is 1.74. The molecule has 0 aromatic carbocycles. The van der Waals surface area contributed by atoms with Crippen LogP contribution in [0.15, 0.2) is 4.63 Å². The second-order valence-corrected chi connectivity index (χ2v) is 4.00. The molecule has 1 fully saturated rings. The van der Waals surface area contributed by atoms with Gasteiger partial charge in [-0.1, -0.05) is 29.6 Å². The Kier molecular flexibility index (Phi) is 2.99. The Labute approximate surface area is 87.4 Å². The van der Waals surface area contributed by atoms with Crippen LogP contribution in [0.4, 0.5) is 0 Å². The highest BCUT2D eigenvalue weighted by Crippen LogP contribution is 2.32. The van der Waals surface area contributed by atoms with Crippen molar-refractivity contribution in [2.45, 2.75) is 44.4 Å². The van der Waals surface area contributed by atoms with Crippen molar-refractivity contribution in [2.75, 3.05) is 0 Å². The molecule has 1 aliphatic rings. The third-order valence-electron chi connectivity index (χ3n) is 2.90. The van der Waals surface area contributed by atoms with Crippen molar-refractivity contribution >= 4 is 5.97 Å². The number of hydrogen-bond donors (Lipinski definition) is 1. The molecule has 0 unspecified atom stereocenters. The number of carboxylic acid groups (broad SMARTS) is 1. The summed E-state index contributed by atoms with van der Waals surface area (Å²) in [5, 5.41) is 16.2. The Morgan fingerprint density at radius 2 is 2.07 bits per heavy atom. The third kappa shape index (κ3) is 2.34. The Hall–Kier alpha value is -1.39. The first-order valence-electron chi connectivity index (χ1n) is 5.30. The van der Waals surface area contributed by atoms with E-state index in [2.05, 4.69) is 14.9 Å². The molecular formula is C10H14N2O3. The number of nitrogens with zero attached hydrogens (tertiary/aromatic N) is 2. The number of carboxylic acids is 1. The standard InChI is InChI=1S/C10H14N2O3/c13-9(14)6-8-10(12-15-11-8)7-4-2-1-3-5-7/h7H,1-6H2,(H,13,14). The van der Waals surface area contributed by atoms with Crippen LogP contribution in [0.1, 0.15) is 49.4 Å². The monoisotopic (exact) mass is 210 g/mol. The van der Waals surface area contributed by atoms with Crippen LogP contribution in [0.25, 0.3) is 0 Å². The van der Waals surface area contributed by atoms with Gasteiger partial charge >= 0.3 is 5.97 Å². The first kappa shape index (κ1) is 10.1. The van der Waals surface area contributed by atoms with Crippen molar-refractivity contribution in [3.63, 3.8) is 0 Å². The normalized spacial score (nSPS) is 17.9. The predicted molar refractivity (Wildman–Crippen MR) is 51.5 cm³/mol. The highest BCUT2D eigenvalue weighted by molar-refractivity contribution is 5.69. The van der Waals surface area contributed by atoms with Gasteiger partial charge in [0.2, 0.25) is 0 Å². The lowest BCUT2D eigenvalue weighted by atomic mass is 9.86. The SMILES string of the molecule is O=C(O)Cc1nonc1C1CCCCC1. The van der Waals surface area contributed by atoms with Crippen molar-refractivity contribution in [1.82, 2.24) is 10.3 Å². The number of aromatic nitrogens is 2. The van der Waals surface area contributed by atoms with Crippen LogP contribution in [0.2, 0.25) is 0 Å². The molecule has 0 saturated heterocycles. The first-order valence-corrected chi connectivity index (χ1v) is 5.30. The zero-order valence-electron chi connectivity index (χ0n) is 8.48. The van der Waals surface area contributed by atoms with E-state index in [1.165, 1.54) is 19.3 Å². The molecule has 0 bridgehead atoms. The minimum absolute atomic E-state index is 0.0880. The van der Waals surface area contributed by atoms with Gasteiger partial charge in [0.15, 0.2) is 0 Å². The molecule has 2 rings (SSSR count). The summed E-state index contributed by atoms with van der Waals surface area (Å²) >= 11 is 0. The average Bonchev–Trinajstić information content (AvgIpc) is 2.66. The molecule has 1 N–H and O–H groups in total. The van der Waals surface area contributed by atoms with Gasteiger partial charge in [0.05, 0.1) is 6.42 Å². The molecule has 0 amide bonds. The molecule has 1 heterocycles. The van der Waals surface area contributed by atoms with Crippen LogP contribution in [0.3, 0.4) is 0 Å². The lowest BCUT2D eigenvalue weighted by Gasteiger charge is -2.19. The maximum atomic E-state index is 10.6. The highest BCUT2D eigenvalue weighted by atomic mass is 16.6. The van der Waals surface area contributed by atoms with Crippen LogP contribution in [-0.2, 0) is 11.2 Å². The van der Waals surface area contributed by atoms with Crippen molar-refractivity contribution in [1.29, 1.82) is 0 Å². The quantitative estimate of drug-likeness (QED) is 0.822. The number of carbonyl (C=O) groups is 1. The molecule has 1 saturated carbocycles. The van der Waals surface area contributed by atoms with E-state index in [1.54, 1.807) is 0 Å². The van der Waals surface area contributed by atoms with E-state index in [-0.39, 0.29) is 6.42 Å². The van der Waals surface area contributed by atoms with E-state index < -0.39 is 5.97 Å². The van der Waals surface area contributed by atoms with Gasteiger partial charge in [-0.2, -0.15) is 0 Å². The van der Waals surface area contributed by atoms with Crippen molar-refractivity contribution in [2.24, 2.45) is 0 Å². The molecule has 15 heavy (non-hydrogen) atoms. The van der Waals surface area contributed by atoms with Crippen LogP contribution >= 0.6 is 0 Å². The second kappa shape index (κ2) is 4.42. The van der Waals surface area contributed by atoms with Crippen LogP contribution in [0, 0.1) is 0 Å². The zero-order valence-corrected chi connectivity index (χ0v) is 8.48. The molecule has 5 heteroatoms. The molecule has 82 valence electrons. The fourth-order valence-electron chi connectivity index (χ4n) is 2.17. The first-order chi connectivity index (χ1) is 7.27. The zero-order chi connectivity index (χ0) is 10.7. The summed E-state index contributed by atoms with van der Waals surface area (Å²) in [6.45, 7) is 0. The summed E-state index contributed by atoms with van der Waals surface area (Å²) in [6.07, 6.45) is 5.68. The summed E-state index contributed by atoms with van der Waals surface area (Å²) < 4.78 is 4.64. The summed E-state index contributed by atoms with van der Waals surface area (Å²) in [6, 6.07) is 0. The second-order valence-electron chi connectivity index (χ2n) is 4.00. The van der Waals surface area contributed by atoms with E-state index in [4.69, 9.17) is 5.11 Å². The molecule has 0 radical (unpaired) electrons. The molecule has 1 aliphatic carbocycles. The Morgan fingerprint density at radius 3 is 2.73 bits per heavy atom. The lowest BCUT2D eigenvalue weighted by molar-refractivity contribution is -0.136. The maximum Gasteiger partial charge on any atom is 0.309 e. The van der Waals surface area contributed by atoms with Crippen molar-refractivity contribution in [3.05, 3.63) is 11.4 Å². The largest absolute Gasteiger partial charge is 0.481 e. The van der Waals surface area contributed by atoms with E-state index in [0.717, 1.165) is 18.5 Å². The van der Waals surface area contributed by atoms with Crippen molar-refractivity contribution < 1.29 is 14.5 Å². The van der Waals surface area contributed by atoms with Crippen LogP contribution in [-0.4, -0.2) is 21.4 Å². The van der Waals surface area contributed by atoms with Gasteiger partial charge in [-0.15, -0.1) is 0 Å². The van der Waals surface area contributed by atoms with Gasteiger partial charge in [-0.25, -0.2) is 4.63 Å². The van der Waals surface area contributed by atoms with E-state index in [0.29, 0.717) is 11.6 Å². The molecule has 1 aromatic heterocycles. The highest BCUT2D eigenvalue weighted by Gasteiger charge is 2.23. The minimum atomic E-state index is -0.886. The van der Waals surface area contributed by atoms with Crippen LogP contribution < -0.4 is 0 Å². The van der Waals surface area contributed by atoms with Gasteiger partial charge in [0.1, 0.15) is 11.4 Å². The molecule has 1 aromatic rings. The van der Waals surface area contributed by atoms with Gasteiger partial charge in [-0.05, 0) is 12.8 Å². The maximum absolute atomic E-state index is 10.6. The molecule has 0 atom stereocenters. The number of hydrogen-bond acceptors (Lipinski definition) is 4. The summed E-state index contributed by atoms with van der Waals surface area (Å²) in [7, 11) is 0. The lowest BCUT2D eigenvalue weighted by Crippen LogP contribution is -2.10. The van der Waals surface area contributed by atoms with Gasteiger partial charge in [0.25, 0.3) is 0 Å². The average molecular weight is 210 g/mol. The Bertz CT molecular complexity index is 342. The number of rotatable bonds is 3. The summed E-state index contributed by atoms with van der Waals surface area (Å²) in [4.78, 5) is 10.6. The third-order valence-corrected chi connectivity index (χ3v) is 2.90. The fourth-order valence-corrected chi connectivity index (χ4v) is 2.17. The molecule has 0 spiro atoms. The number of aliphatic carboxylic acids is 1. The van der Waals surface area contributed by atoms with Gasteiger partial charge < -0.3 is 5.11 Å². The van der Waals surface area contributed by atoms with E-state index in [1.807, 2.05) is 0 Å². The van der Waals surface area contributed by atoms with Gasteiger partial charge in [-0.3, -0.25) is 4.79 Å². The molecular weight excluding hydrogens is 196 g/mol. The van der Waals surface area contributed by atoms with E-state index >= 15 is 0 Å². The smallest absolute Gasteiger partial charge is 0.309 e. The van der Waals surface area contributed by atoms with Crippen molar-refractivity contribution in [3.8, 4) is 0 Å². The summed E-state index contributed by atoms with van der Waals surface area (Å²) in [5.74, 6) is -0.540. The molecule has 5 nitrogen and oxygen atoms in total. The topological polar surface area (TPSA) is 76.2 Å². The van der Waals surface area contributed by atoms with Crippen LogP contribution in [0.5, 0.6) is 0 Å². The Morgan fingerprint density at radius 1 is 1.33 bits per heavy atom. The minimum Gasteiger partial charge on any atom is -0.481 e. The fraction of sp³-hybridized carbons (Fsp3) is 0.700. The molecule has 0 aliphatic heterocycles. The summed E-state index contributed by atoms with van der Waals surface area (Å²) in [5.41, 5.74) is 1.26. The Balaban J connectivity index is 2.12.